The summed E-state index contributed by atoms with van der Waals surface area (Å²) < 4.78 is 13.9. The molecule has 0 N–H and O–H groups in total. The second-order valence-electron chi connectivity index (χ2n) is 8.36. The molecule has 0 spiro atoms. The van der Waals surface area contributed by atoms with Gasteiger partial charge < -0.3 is 0 Å². The predicted molar refractivity (Wildman–Crippen MR) is 103 cm³/mol. The summed E-state index contributed by atoms with van der Waals surface area (Å²) in [6.45, 7) is 12.8. The molecule has 0 radical (unpaired) electrons. The number of halogens is 2. The molecular formula is C22H28ClF. The Morgan fingerprint density at radius 2 is 1.62 bits per heavy atom. The van der Waals surface area contributed by atoms with Gasteiger partial charge in [-0.1, -0.05) is 70.5 Å². The number of aryl methyl sites for hydroxylation is 1. The molecule has 130 valence electrons. The minimum absolute atomic E-state index is 0.0295. The molecule has 2 aromatic rings. The van der Waals surface area contributed by atoms with Gasteiger partial charge in [0.2, 0.25) is 0 Å². The molecule has 0 saturated heterocycles. The standard InChI is InChI=1S/C22H28ClF/c1-15-17(8-7-9-20(15)24)22(5,6)13-12-16-10-11-19(23)18(14-16)21(2,3)4/h7-11,14H,12-13H2,1-6H3. The fourth-order valence-electron chi connectivity index (χ4n) is 3.23. The summed E-state index contributed by atoms with van der Waals surface area (Å²) in [5.41, 5.74) is 4.27. The van der Waals surface area contributed by atoms with Crippen LogP contribution in [-0.2, 0) is 17.3 Å². The van der Waals surface area contributed by atoms with Crippen molar-refractivity contribution in [1.29, 1.82) is 0 Å². The maximum Gasteiger partial charge on any atom is 0.126 e. The molecule has 0 bridgehead atoms. The van der Waals surface area contributed by atoms with E-state index in [9.17, 15) is 4.39 Å². The van der Waals surface area contributed by atoms with E-state index in [0.717, 1.165) is 29.0 Å². The zero-order chi connectivity index (χ0) is 18.1. The van der Waals surface area contributed by atoms with Crippen molar-refractivity contribution < 1.29 is 4.39 Å². The molecule has 0 fully saturated rings. The van der Waals surface area contributed by atoms with Gasteiger partial charge in [0, 0.05) is 5.02 Å². The lowest BCUT2D eigenvalue weighted by molar-refractivity contribution is 0.471. The summed E-state index contributed by atoms with van der Waals surface area (Å²) in [4.78, 5) is 0. The Morgan fingerprint density at radius 3 is 2.25 bits per heavy atom. The number of hydrogen-bond acceptors (Lipinski definition) is 0. The van der Waals surface area contributed by atoms with Crippen molar-refractivity contribution in [3.8, 4) is 0 Å². The molecule has 2 heteroatoms. The molecule has 0 nitrogen and oxygen atoms in total. The maximum atomic E-state index is 13.9. The SMILES string of the molecule is Cc1c(F)cccc1C(C)(C)CCc1ccc(Cl)c(C(C)(C)C)c1. The monoisotopic (exact) mass is 346 g/mol. The third-order valence-corrected chi connectivity index (χ3v) is 5.20. The Morgan fingerprint density at radius 1 is 0.958 bits per heavy atom. The van der Waals surface area contributed by atoms with E-state index in [-0.39, 0.29) is 16.6 Å². The van der Waals surface area contributed by atoms with Crippen molar-refractivity contribution in [2.24, 2.45) is 0 Å². The van der Waals surface area contributed by atoms with E-state index >= 15 is 0 Å². The Bertz CT molecular complexity index is 723. The molecule has 0 atom stereocenters. The highest BCUT2D eigenvalue weighted by molar-refractivity contribution is 6.31. The van der Waals surface area contributed by atoms with E-state index in [1.54, 1.807) is 6.07 Å². The summed E-state index contributed by atoms with van der Waals surface area (Å²) in [6, 6.07) is 11.7. The van der Waals surface area contributed by atoms with Crippen LogP contribution in [0.15, 0.2) is 36.4 Å². The van der Waals surface area contributed by atoms with E-state index in [1.165, 1.54) is 17.2 Å². The van der Waals surface area contributed by atoms with Crippen LogP contribution in [-0.4, -0.2) is 0 Å². The average molecular weight is 347 g/mol. The normalized spacial score (nSPS) is 12.5. The van der Waals surface area contributed by atoms with Gasteiger partial charge >= 0.3 is 0 Å². The first-order valence-electron chi connectivity index (χ1n) is 8.57. The zero-order valence-corrected chi connectivity index (χ0v) is 16.4. The van der Waals surface area contributed by atoms with Crippen LogP contribution in [0.1, 0.15) is 63.3 Å². The molecule has 0 heterocycles. The minimum Gasteiger partial charge on any atom is -0.207 e. The minimum atomic E-state index is -0.123. The topological polar surface area (TPSA) is 0 Å². The Kier molecular flexibility index (Phi) is 5.44. The molecule has 2 rings (SSSR count). The van der Waals surface area contributed by atoms with Gasteiger partial charge in [-0.2, -0.15) is 0 Å². The Balaban J connectivity index is 2.22. The second kappa shape index (κ2) is 6.88. The highest BCUT2D eigenvalue weighted by Crippen LogP contribution is 2.34. The molecule has 0 unspecified atom stereocenters. The van der Waals surface area contributed by atoms with E-state index in [0.29, 0.717) is 0 Å². The van der Waals surface area contributed by atoms with Gasteiger partial charge in [-0.25, -0.2) is 4.39 Å². The summed E-state index contributed by atoms with van der Waals surface area (Å²) in [6.07, 6.45) is 1.91. The fourth-order valence-corrected chi connectivity index (χ4v) is 3.64. The predicted octanol–water partition coefficient (Wildman–Crippen LogP) is 7.00. The summed E-state index contributed by atoms with van der Waals surface area (Å²) in [5, 5.41) is 0.825. The van der Waals surface area contributed by atoms with Crippen LogP contribution in [0, 0.1) is 12.7 Å². The van der Waals surface area contributed by atoms with Gasteiger partial charge in [-0.05, 0) is 65.0 Å². The molecule has 24 heavy (non-hydrogen) atoms. The van der Waals surface area contributed by atoms with Crippen LogP contribution in [0.2, 0.25) is 5.02 Å². The van der Waals surface area contributed by atoms with Gasteiger partial charge in [-0.15, -0.1) is 0 Å². The zero-order valence-electron chi connectivity index (χ0n) is 15.6. The van der Waals surface area contributed by atoms with Crippen LogP contribution in [0.3, 0.4) is 0 Å². The first-order chi connectivity index (χ1) is 11.0. The number of hydrogen-bond donors (Lipinski definition) is 0. The first-order valence-corrected chi connectivity index (χ1v) is 8.95. The van der Waals surface area contributed by atoms with Crippen molar-refractivity contribution in [2.75, 3.05) is 0 Å². The smallest absolute Gasteiger partial charge is 0.126 e. The molecule has 0 aromatic heterocycles. The lowest BCUT2D eigenvalue weighted by atomic mass is 9.77. The van der Waals surface area contributed by atoms with Crippen LogP contribution in [0.25, 0.3) is 0 Å². The van der Waals surface area contributed by atoms with Gasteiger partial charge in [0.25, 0.3) is 0 Å². The summed E-state index contributed by atoms with van der Waals surface area (Å²) >= 11 is 6.36. The Labute approximate surface area is 151 Å². The van der Waals surface area contributed by atoms with E-state index in [2.05, 4.69) is 46.8 Å². The van der Waals surface area contributed by atoms with Crippen molar-refractivity contribution in [3.05, 3.63) is 69.5 Å². The Hall–Kier alpha value is -1.34. The molecule has 0 aliphatic heterocycles. The lowest BCUT2D eigenvalue weighted by Gasteiger charge is -2.28. The van der Waals surface area contributed by atoms with Gasteiger partial charge in [0.05, 0.1) is 0 Å². The molecule has 2 aromatic carbocycles. The van der Waals surface area contributed by atoms with Crippen molar-refractivity contribution >= 4 is 11.6 Å². The molecule has 0 saturated carbocycles. The van der Waals surface area contributed by atoms with E-state index < -0.39 is 0 Å². The largest absolute Gasteiger partial charge is 0.207 e. The highest BCUT2D eigenvalue weighted by Gasteiger charge is 2.24. The molecule has 0 amide bonds. The highest BCUT2D eigenvalue weighted by atomic mass is 35.5. The lowest BCUT2D eigenvalue weighted by Crippen LogP contribution is -2.20. The first kappa shape index (κ1) is 19.0. The number of benzene rings is 2. The van der Waals surface area contributed by atoms with Crippen LogP contribution < -0.4 is 0 Å². The van der Waals surface area contributed by atoms with E-state index in [1.807, 2.05) is 19.1 Å². The molecule has 0 aliphatic rings. The summed E-state index contributed by atoms with van der Waals surface area (Å²) in [7, 11) is 0. The summed E-state index contributed by atoms with van der Waals surface area (Å²) in [5.74, 6) is -0.123. The van der Waals surface area contributed by atoms with Crippen LogP contribution in [0.4, 0.5) is 4.39 Å². The van der Waals surface area contributed by atoms with E-state index in [4.69, 9.17) is 11.6 Å². The third-order valence-electron chi connectivity index (χ3n) is 4.87. The van der Waals surface area contributed by atoms with Crippen LogP contribution >= 0.6 is 11.6 Å². The van der Waals surface area contributed by atoms with Gasteiger partial charge in [-0.3, -0.25) is 0 Å². The molecular weight excluding hydrogens is 319 g/mol. The average Bonchev–Trinajstić information content (AvgIpc) is 2.48. The third kappa shape index (κ3) is 4.19. The van der Waals surface area contributed by atoms with Crippen molar-refractivity contribution in [2.45, 2.75) is 65.2 Å². The van der Waals surface area contributed by atoms with Crippen LogP contribution in [0.5, 0.6) is 0 Å². The van der Waals surface area contributed by atoms with Gasteiger partial charge in [0.15, 0.2) is 0 Å². The number of rotatable bonds is 4. The molecule has 0 aliphatic carbocycles. The van der Waals surface area contributed by atoms with Crippen molar-refractivity contribution in [3.63, 3.8) is 0 Å². The van der Waals surface area contributed by atoms with Gasteiger partial charge in [0.1, 0.15) is 5.82 Å². The maximum absolute atomic E-state index is 13.9. The quantitative estimate of drug-likeness (QED) is 0.559. The fraction of sp³-hybridized carbons (Fsp3) is 0.455. The van der Waals surface area contributed by atoms with Crippen molar-refractivity contribution in [1.82, 2.24) is 0 Å². The second-order valence-corrected chi connectivity index (χ2v) is 8.77.